The molecule has 1 aromatic carbocycles. The van der Waals surface area contributed by atoms with Crippen molar-refractivity contribution in [1.29, 1.82) is 0 Å². The Bertz CT molecular complexity index is 507. The highest BCUT2D eigenvalue weighted by atomic mass is 79.9. The molecule has 1 saturated heterocycles. The summed E-state index contributed by atoms with van der Waals surface area (Å²) in [6.45, 7) is 2.48. The molecule has 1 aromatic rings. The molecule has 0 bridgehead atoms. The van der Waals surface area contributed by atoms with E-state index in [9.17, 15) is 4.79 Å². The number of Topliss-reactive ketones (excluding diaryl/α,β-unsaturated/α-hetero) is 1. The van der Waals surface area contributed by atoms with Crippen LogP contribution in [0.1, 0.15) is 36.5 Å². The van der Waals surface area contributed by atoms with Crippen LogP contribution in [0.25, 0.3) is 0 Å². The van der Waals surface area contributed by atoms with E-state index < -0.39 is 5.60 Å². The van der Waals surface area contributed by atoms with E-state index >= 15 is 0 Å². The van der Waals surface area contributed by atoms with Crippen LogP contribution in [0.3, 0.4) is 0 Å². The van der Waals surface area contributed by atoms with Crippen molar-refractivity contribution in [2.24, 2.45) is 0 Å². The second kappa shape index (κ2) is 6.14. The number of methoxy groups -OCH3 is 2. The van der Waals surface area contributed by atoms with Gasteiger partial charge < -0.3 is 14.2 Å². The Morgan fingerprint density at radius 2 is 2.05 bits per heavy atom. The molecule has 1 aliphatic rings. The highest BCUT2D eigenvalue weighted by Crippen LogP contribution is 2.40. The fourth-order valence-electron chi connectivity index (χ4n) is 2.47. The molecule has 0 saturated carbocycles. The minimum Gasteiger partial charge on any atom is -0.495 e. The summed E-state index contributed by atoms with van der Waals surface area (Å²) < 4.78 is 17.0. The van der Waals surface area contributed by atoms with E-state index in [0.717, 1.165) is 19.3 Å². The first kappa shape index (κ1) is 15.3. The first-order valence-electron chi connectivity index (χ1n) is 6.62. The molecule has 20 heavy (non-hydrogen) atoms. The van der Waals surface area contributed by atoms with Crippen LogP contribution in [-0.4, -0.2) is 32.2 Å². The van der Waals surface area contributed by atoms with E-state index in [1.54, 1.807) is 26.4 Å². The van der Waals surface area contributed by atoms with Gasteiger partial charge in [-0.3, -0.25) is 4.79 Å². The van der Waals surface area contributed by atoms with Gasteiger partial charge in [0.15, 0.2) is 5.78 Å². The standard InChI is InChI=1S/C15H19BrO4/c1-15(8-4-5-9-20-15)14(17)10-6-7-11(18-2)12(16)13(10)19-3/h6-7H,4-5,8-9H2,1-3H3. The molecule has 1 aliphatic heterocycles. The van der Waals surface area contributed by atoms with Crippen LogP contribution in [0, 0.1) is 0 Å². The number of halogens is 1. The van der Waals surface area contributed by atoms with Crippen LogP contribution in [0.2, 0.25) is 0 Å². The van der Waals surface area contributed by atoms with Gasteiger partial charge in [0.1, 0.15) is 21.6 Å². The zero-order chi connectivity index (χ0) is 14.8. The predicted molar refractivity (Wildman–Crippen MR) is 79.8 cm³/mol. The number of hydrogen-bond acceptors (Lipinski definition) is 4. The smallest absolute Gasteiger partial charge is 0.198 e. The monoisotopic (exact) mass is 342 g/mol. The van der Waals surface area contributed by atoms with Crippen LogP contribution in [-0.2, 0) is 4.74 Å². The summed E-state index contributed by atoms with van der Waals surface area (Å²) in [5, 5.41) is 0. The topological polar surface area (TPSA) is 44.8 Å². The quantitative estimate of drug-likeness (QED) is 0.784. The highest BCUT2D eigenvalue weighted by molar-refractivity contribution is 9.10. The van der Waals surface area contributed by atoms with Crippen LogP contribution < -0.4 is 9.47 Å². The molecule has 1 heterocycles. The van der Waals surface area contributed by atoms with Gasteiger partial charge in [0.25, 0.3) is 0 Å². The van der Waals surface area contributed by atoms with Crippen molar-refractivity contribution in [2.45, 2.75) is 31.8 Å². The molecular weight excluding hydrogens is 324 g/mol. The third kappa shape index (κ3) is 2.69. The number of benzene rings is 1. The molecule has 0 radical (unpaired) electrons. The van der Waals surface area contributed by atoms with Crippen molar-refractivity contribution < 1.29 is 19.0 Å². The van der Waals surface area contributed by atoms with Gasteiger partial charge in [0.2, 0.25) is 0 Å². The van der Waals surface area contributed by atoms with E-state index in [1.807, 2.05) is 6.92 Å². The van der Waals surface area contributed by atoms with Gasteiger partial charge in [0.05, 0.1) is 19.8 Å². The summed E-state index contributed by atoms with van der Waals surface area (Å²) in [6, 6.07) is 3.49. The predicted octanol–water partition coefficient (Wildman–Crippen LogP) is 3.61. The van der Waals surface area contributed by atoms with Gasteiger partial charge in [-0.2, -0.15) is 0 Å². The van der Waals surface area contributed by atoms with Crippen LogP contribution in [0.4, 0.5) is 0 Å². The normalized spacial score (nSPS) is 22.4. The van der Waals surface area contributed by atoms with Crippen molar-refractivity contribution in [3.8, 4) is 11.5 Å². The molecule has 0 N–H and O–H groups in total. The second-order valence-electron chi connectivity index (χ2n) is 5.03. The lowest BCUT2D eigenvalue weighted by molar-refractivity contribution is -0.0427. The molecule has 0 amide bonds. The van der Waals surface area contributed by atoms with Gasteiger partial charge in [-0.05, 0) is 54.2 Å². The molecule has 0 spiro atoms. The van der Waals surface area contributed by atoms with Gasteiger partial charge in [0, 0.05) is 6.61 Å². The Balaban J connectivity index is 2.41. The lowest BCUT2D eigenvalue weighted by Crippen LogP contribution is -2.41. The molecule has 2 rings (SSSR count). The summed E-state index contributed by atoms with van der Waals surface area (Å²) in [5.74, 6) is 1.08. The Morgan fingerprint density at radius 1 is 1.30 bits per heavy atom. The number of ketones is 1. The van der Waals surface area contributed by atoms with Crippen molar-refractivity contribution >= 4 is 21.7 Å². The molecular formula is C15H19BrO4. The largest absolute Gasteiger partial charge is 0.495 e. The number of carbonyl (C=O) groups excluding carboxylic acids is 1. The maximum atomic E-state index is 12.8. The lowest BCUT2D eigenvalue weighted by Gasteiger charge is -2.32. The van der Waals surface area contributed by atoms with Gasteiger partial charge in [-0.1, -0.05) is 0 Å². The molecule has 1 fully saturated rings. The fourth-order valence-corrected chi connectivity index (χ4v) is 3.14. The maximum absolute atomic E-state index is 12.8. The molecule has 0 aromatic heterocycles. The Kier molecular flexibility index (Phi) is 4.70. The minimum atomic E-state index is -0.764. The second-order valence-corrected chi connectivity index (χ2v) is 5.82. The lowest BCUT2D eigenvalue weighted by atomic mass is 9.87. The average molecular weight is 343 g/mol. The first-order valence-corrected chi connectivity index (χ1v) is 7.42. The number of hydrogen-bond donors (Lipinski definition) is 0. The van der Waals surface area contributed by atoms with Gasteiger partial charge in [-0.15, -0.1) is 0 Å². The van der Waals surface area contributed by atoms with E-state index in [4.69, 9.17) is 14.2 Å². The average Bonchev–Trinajstić information content (AvgIpc) is 2.47. The maximum Gasteiger partial charge on any atom is 0.198 e. The summed E-state index contributed by atoms with van der Waals surface area (Å²) in [5.41, 5.74) is -0.246. The van der Waals surface area contributed by atoms with Crippen molar-refractivity contribution in [3.05, 3.63) is 22.2 Å². The van der Waals surface area contributed by atoms with Gasteiger partial charge >= 0.3 is 0 Å². The van der Waals surface area contributed by atoms with E-state index in [1.165, 1.54) is 0 Å². The number of ether oxygens (including phenoxy) is 3. The summed E-state index contributed by atoms with van der Waals surface area (Å²) >= 11 is 3.42. The summed E-state index contributed by atoms with van der Waals surface area (Å²) in [4.78, 5) is 12.8. The van der Waals surface area contributed by atoms with Crippen molar-refractivity contribution in [2.75, 3.05) is 20.8 Å². The van der Waals surface area contributed by atoms with Gasteiger partial charge in [-0.25, -0.2) is 0 Å². The third-order valence-corrected chi connectivity index (χ3v) is 4.43. The third-order valence-electron chi connectivity index (χ3n) is 3.68. The molecule has 4 nitrogen and oxygen atoms in total. The first-order chi connectivity index (χ1) is 9.53. The zero-order valence-electron chi connectivity index (χ0n) is 12.0. The molecule has 110 valence electrons. The molecule has 0 aliphatic carbocycles. The summed E-state index contributed by atoms with van der Waals surface area (Å²) in [6.07, 6.45) is 2.74. The number of carbonyl (C=O) groups is 1. The van der Waals surface area contributed by atoms with Crippen LogP contribution >= 0.6 is 15.9 Å². The Morgan fingerprint density at radius 3 is 2.60 bits per heavy atom. The molecule has 1 unspecified atom stereocenters. The minimum absolute atomic E-state index is 0.0441. The van der Waals surface area contributed by atoms with E-state index in [0.29, 0.717) is 28.1 Å². The molecule has 5 heteroatoms. The molecule has 1 atom stereocenters. The zero-order valence-corrected chi connectivity index (χ0v) is 13.6. The number of rotatable bonds is 4. The van der Waals surface area contributed by atoms with Crippen molar-refractivity contribution in [1.82, 2.24) is 0 Å². The van der Waals surface area contributed by atoms with Crippen LogP contribution in [0.15, 0.2) is 16.6 Å². The fraction of sp³-hybridized carbons (Fsp3) is 0.533. The van der Waals surface area contributed by atoms with Crippen LogP contribution in [0.5, 0.6) is 11.5 Å². The Hall–Kier alpha value is -1.07. The van der Waals surface area contributed by atoms with E-state index in [-0.39, 0.29) is 5.78 Å². The van der Waals surface area contributed by atoms with E-state index in [2.05, 4.69) is 15.9 Å². The highest BCUT2D eigenvalue weighted by Gasteiger charge is 2.38. The SMILES string of the molecule is COc1ccc(C(=O)C2(C)CCCCO2)c(OC)c1Br. The Labute approximate surface area is 127 Å². The summed E-state index contributed by atoms with van der Waals surface area (Å²) in [7, 11) is 3.12. The van der Waals surface area contributed by atoms with Crippen molar-refractivity contribution in [3.63, 3.8) is 0 Å².